The summed E-state index contributed by atoms with van der Waals surface area (Å²) in [5, 5.41) is 10.6. The number of carbonyl (C=O) groups excluding carboxylic acids is 1. The van der Waals surface area contributed by atoms with Crippen molar-refractivity contribution in [3.8, 4) is 0 Å². The van der Waals surface area contributed by atoms with Crippen LogP contribution in [0.4, 0.5) is 0 Å². The van der Waals surface area contributed by atoms with Gasteiger partial charge in [0, 0.05) is 30.7 Å². The molecule has 0 atom stereocenters. The summed E-state index contributed by atoms with van der Waals surface area (Å²) in [5.74, 6) is -0.0426. The summed E-state index contributed by atoms with van der Waals surface area (Å²) in [7, 11) is 0. The molecule has 2 aromatic rings. The van der Waals surface area contributed by atoms with Gasteiger partial charge in [-0.25, -0.2) is 4.98 Å². The van der Waals surface area contributed by atoms with Crippen molar-refractivity contribution < 1.29 is 4.79 Å². The van der Waals surface area contributed by atoms with Crippen LogP contribution in [0.2, 0.25) is 0 Å². The fourth-order valence-electron chi connectivity index (χ4n) is 1.39. The number of hydrogen-bond donors (Lipinski definition) is 2. The quantitative estimate of drug-likeness (QED) is 0.763. The molecule has 0 fully saturated rings. The molecule has 5 heteroatoms. The van der Waals surface area contributed by atoms with Crippen molar-refractivity contribution in [2.24, 2.45) is 0 Å². The van der Waals surface area contributed by atoms with Crippen LogP contribution in [0, 0.1) is 6.92 Å². The second-order valence-corrected chi connectivity index (χ2v) is 3.47. The first-order chi connectivity index (χ1) is 7.16. The molecule has 1 amide bonds. The van der Waals surface area contributed by atoms with Gasteiger partial charge in [-0.3, -0.25) is 9.89 Å². The Morgan fingerprint density at radius 1 is 1.60 bits per heavy atom. The van der Waals surface area contributed by atoms with Crippen LogP contribution in [0.1, 0.15) is 18.2 Å². The van der Waals surface area contributed by atoms with Crippen LogP contribution >= 0.6 is 0 Å². The molecule has 2 rings (SSSR count). The number of hydrogen-bond acceptors (Lipinski definition) is 3. The Bertz CT molecular complexity index is 503. The molecule has 15 heavy (non-hydrogen) atoms. The smallest absolute Gasteiger partial charge is 0.217 e. The molecule has 0 bridgehead atoms. The lowest BCUT2D eigenvalue weighted by Gasteiger charge is -2.01. The van der Waals surface area contributed by atoms with Crippen LogP contribution in [0.5, 0.6) is 0 Å². The van der Waals surface area contributed by atoms with E-state index in [4.69, 9.17) is 0 Å². The molecule has 5 nitrogen and oxygen atoms in total. The summed E-state index contributed by atoms with van der Waals surface area (Å²) in [5.41, 5.74) is 2.67. The Morgan fingerprint density at radius 3 is 3.13 bits per heavy atom. The molecule has 0 spiro atoms. The van der Waals surface area contributed by atoms with E-state index in [1.165, 1.54) is 6.92 Å². The number of H-pyrrole nitrogens is 1. The molecule has 2 aromatic heterocycles. The van der Waals surface area contributed by atoms with E-state index < -0.39 is 0 Å². The van der Waals surface area contributed by atoms with E-state index >= 15 is 0 Å². The number of pyridine rings is 1. The monoisotopic (exact) mass is 204 g/mol. The Kier molecular flexibility index (Phi) is 2.37. The van der Waals surface area contributed by atoms with Crippen molar-refractivity contribution in [3.63, 3.8) is 0 Å². The molecule has 0 aliphatic rings. The van der Waals surface area contributed by atoms with Gasteiger partial charge in [0.1, 0.15) is 0 Å². The highest BCUT2D eigenvalue weighted by atomic mass is 16.1. The van der Waals surface area contributed by atoms with Crippen LogP contribution < -0.4 is 5.32 Å². The van der Waals surface area contributed by atoms with Crippen LogP contribution in [0.15, 0.2) is 12.3 Å². The molecule has 0 saturated heterocycles. The van der Waals surface area contributed by atoms with Gasteiger partial charge in [0.2, 0.25) is 5.91 Å². The van der Waals surface area contributed by atoms with Crippen molar-refractivity contribution >= 4 is 16.9 Å². The number of fused-ring (bicyclic) bond motifs is 1. The Labute approximate surface area is 86.9 Å². The fraction of sp³-hybridized carbons (Fsp3) is 0.300. The first-order valence-corrected chi connectivity index (χ1v) is 4.71. The first-order valence-electron chi connectivity index (χ1n) is 4.71. The topological polar surface area (TPSA) is 70.7 Å². The third-order valence-electron chi connectivity index (χ3n) is 2.20. The lowest BCUT2D eigenvalue weighted by Crippen LogP contribution is -2.18. The standard InChI is InChI=1S/C10H12N4O/c1-6-9-3-8(4-11-7(2)15)5-12-10(9)14-13-6/h3,5H,4H2,1-2H3,(H,11,15)(H,12,13,14). The zero-order valence-electron chi connectivity index (χ0n) is 8.66. The van der Waals surface area contributed by atoms with Gasteiger partial charge < -0.3 is 5.32 Å². The third-order valence-corrected chi connectivity index (χ3v) is 2.20. The van der Waals surface area contributed by atoms with Crippen molar-refractivity contribution in [2.45, 2.75) is 20.4 Å². The summed E-state index contributed by atoms with van der Waals surface area (Å²) < 4.78 is 0. The predicted octanol–water partition coefficient (Wildman–Crippen LogP) is 0.902. The number of nitrogens with zero attached hydrogens (tertiary/aromatic N) is 2. The van der Waals surface area contributed by atoms with Crippen LogP contribution in [0.3, 0.4) is 0 Å². The molecule has 0 radical (unpaired) electrons. The average Bonchev–Trinajstić information content (AvgIpc) is 2.57. The highest BCUT2D eigenvalue weighted by Gasteiger charge is 2.03. The highest BCUT2D eigenvalue weighted by molar-refractivity contribution is 5.78. The zero-order valence-corrected chi connectivity index (χ0v) is 8.66. The Morgan fingerprint density at radius 2 is 2.40 bits per heavy atom. The van der Waals surface area contributed by atoms with E-state index in [9.17, 15) is 4.79 Å². The molecular weight excluding hydrogens is 192 g/mol. The van der Waals surface area contributed by atoms with Crippen molar-refractivity contribution in [1.29, 1.82) is 0 Å². The second kappa shape index (κ2) is 3.68. The molecule has 2 N–H and O–H groups in total. The molecule has 0 aliphatic carbocycles. The Balaban J connectivity index is 2.29. The van der Waals surface area contributed by atoms with Crippen LogP contribution in [-0.4, -0.2) is 21.1 Å². The SMILES string of the molecule is CC(=O)NCc1cnc2n[nH]c(C)c2c1. The third kappa shape index (κ3) is 1.96. The number of amides is 1. The minimum atomic E-state index is -0.0426. The van der Waals surface area contributed by atoms with Gasteiger partial charge in [-0.2, -0.15) is 5.10 Å². The van der Waals surface area contributed by atoms with Gasteiger partial charge in [-0.05, 0) is 18.6 Å². The molecule has 0 aromatic carbocycles. The maximum Gasteiger partial charge on any atom is 0.217 e. The van der Waals surface area contributed by atoms with E-state index in [2.05, 4.69) is 20.5 Å². The average molecular weight is 204 g/mol. The maximum absolute atomic E-state index is 10.7. The number of nitrogens with one attached hydrogen (secondary N) is 2. The molecule has 2 heterocycles. The minimum Gasteiger partial charge on any atom is -0.352 e. The fourth-order valence-corrected chi connectivity index (χ4v) is 1.39. The lowest BCUT2D eigenvalue weighted by atomic mass is 10.2. The Hall–Kier alpha value is -1.91. The number of carbonyl (C=O) groups is 1. The maximum atomic E-state index is 10.7. The van der Waals surface area contributed by atoms with Gasteiger partial charge >= 0.3 is 0 Å². The van der Waals surface area contributed by atoms with E-state index in [1.54, 1.807) is 6.20 Å². The minimum absolute atomic E-state index is 0.0426. The van der Waals surface area contributed by atoms with Gasteiger partial charge in [0.05, 0.1) is 0 Å². The van der Waals surface area contributed by atoms with Crippen molar-refractivity contribution in [3.05, 3.63) is 23.5 Å². The normalized spacial score (nSPS) is 10.5. The van der Waals surface area contributed by atoms with E-state index in [1.807, 2.05) is 13.0 Å². The largest absolute Gasteiger partial charge is 0.352 e. The zero-order chi connectivity index (χ0) is 10.8. The number of aromatic nitrogens is 3. The number of aryl methyl sites for hydroxylation is 1. The molecule has 78 valence electrons. The van der Waals surface area contributed by atoms with Gasteiger partial charge in [0.15, 0.2) is 5.65 Å². The predicted molar refractivity (Wildman–Crippen MR) is 56.1 cm³/mol. The van der Waals surface area contributed by atoms with Gasteiger partial charge in [0.25, 0.3) is 0 Å². The summed E-state index contributed by atoms with van der Waals surface area (Å²) in [4.78, 5) is 14.9. The van der Waals surface area contributed by atoms with Crippen LogP contribution in [-0.2, 0) is 11.3 Å². The molecular formula is C10H12N4O. The van der Waals surface area contributed by atoms with Crippen molar-refractivity contribution in [1.82, 2.24) is 20.5 Å². The van der Waals surface area contributed by atoms with E-state index in [-0.39, 0.29) is 5.91 Å². The van der Waals surface area contributed by atoms with E-state index in [0.717, 1.165) is 16.6 Å². The van der Waals surface area contributed by atoms with Crippen molar-refractivity contribution in [2.75, 3.05) is 0 Å². The molecule has 0 aliphatic heterocycles. The first kappa shape index (κ1) is 9.64. The molecule has 0 unspecified atom stereocenters. The summed E-state index contributed by atoms with van der Waals surface area (Å²) in [6.45, 7) is 3.94. The number of aromatic amines is 1. The summed E-state index contributed by atoms with van der Waals surface area (Å²) in [6, 6.07) is 1.98. The number of rotatable bonds is 2. The lowest BCUT2D eigenvalue weighted by molar-refractivity contribution is -0.119. The van der Waals surface area contributed by atoms with Gasteiger partial charge in [-0.15, -0.1) is 0 Å². The van der Waals surface area contributed by atoms with Gasteiger partial charge in [-0.1, -0.05) is 0 Å². The second-order valence-electron chi connectivity index (χ2n) is 3.47. The van der Waals surface area contributed by atoms with Crippen LogP contribution in [0.25, 0.3) is 11.0 Å². The highest BCUT2D eigenvalue weighted by Crippen LogP contribution is 2.13. The summed E-state index contributed by atoms with van der Waals surface area (Å²) in [6.07, 6.45) is 1.72. The van der Waals surface area contributed by atoms with E-state index in [0.29, 0.717) is 12.2 Å². The molecule has 0 saturated carbocycles. The summed E-state index contributed by atoms with van der Waals surface area (Å²) >= 11 is 0.